The van der Waals surface area contributed by atoms with Gasteiger partial charge in [0, 0.05) is 41.9 Å². The van der Waals surface area contributed by atoms with Crippen molar-refractivity contribution in [2.75, 3.05) is 0 Å². The topological polar surface area (TPSA) is 47.0 Å². The van der Waals surface area contributed by atoms with Crippen molar-refractivity contribution in [2.24, 2.45) is 17.8 Å². The molecule has 4 heteroatoms. The van der Waals surface area contributed by atoms with Crippen LogP contribution in [0.25, 0.3) is 0 Å². The monoisotopic (exact) mass is 489 g/mol. The van der Waals surface area contributed by atoms with E-state index in [1.54, 1.807) is 12.1 Å². The summed E-state index contributed by atoms with van der Waals surface area (Å²) in [4.78, 5) is 31.0. The zero-order valence-electron chi connectivity index (χ0n) is 21.7. The summed E-state index contributed by atoms with van der Waals surface area (Å²) in [6.07, 6.45) is 13.2. The number of aryl methyl sites for hydroxylation is 1. The summed E-state index contributed by atoms with van der Waals surface area (Å²) in [7, 11) is 0. The predicted octanol–water partition coefficient (Wildman–Crippen LogP) is 7.97. The van der Waals surface area contributed by atoms with Crippen LogP contribution in [0.4, 0.5) is 4.39 Å². The van der Waals surface area contributed by atoms with Crippen LogP contribution in [0.15, 0.2) is 36.4 Å². The van der Waals surface area contributed by atoms with Gasteiger partial charge in [-0.15, -0.1) is 0 Å². The van der Waals surface area contributed by atoms with E-state index in [1.807, 2.05) is 13.0 Å². The summed E-state index contributed by atoms with van der Waals surface area (Å²) in [6.45, 7) is 2.03. The van der Waals surface area contributed by atoms with E-state index in [-0.39, 0.29) is 23.4 Å². The maximum absolute atomic E-state index is 13.7. The van der Waals surface area contributed by atoms with Crippen LogP contribution in [0, 0.1) is 23.6 Å². The number of nitrogens with zero attached hydrogens (tertiary/aromatic N) is 1. The molecule has 36 heavy (non-hydrogen) atoms. The fourth-order valence-corrected chi connectivity index (χ4v) is 6.59. The molecule has 0 amide bonds. The normalized spacial score (nSPS) is 25.8. The van der Waals surface area contributed by atoms with E-state index in [1.165, 1.54) is 43.9 Å². The van der Waals surface area contributed by atoms with Gasteiger partial charge in [0.1, 0.15) is 11.6 Å². The predicted molar refractivity (Wildman–Crippen MR) is 141 cm³/mol. The van der Waals surface area contributed by atoms with Gasteiger partial charge in [0.25, 0.3) is 0 Å². The number of carbonyl (C=O) groups is 2. The summed E-state index contributed by atoms with van der Waals surface area (Å²) in [5, 5.41) is 0. The Morgan fingerprint density at radius 3 is 2.56 bits per heavy atom. The fraction of sp³-hybridized carbons (Fsp3) is 0.594. The van der Waals surface area contributed by atoms with Crippen LogP contribution in [0.5, 0.6) is 0 Å². The molecule has 4 atom stereocenters. The van der Waals surface area contributed by atoms with E-state index in [0.717, 1.165) is 55.3 Å². The first kappa shape index (κ1) is 25.3. The molecule has 2 aromatic rings. The number of aromatic nitrogens is 1. The lowest BCUT2D eigenvalue weighted by atomic mass is 9.68. The second kappa shape index (κ2) is 11.4. The second-order valence-corrected chi connectivity index (χ2v) is 11.6. The first-order valence-electron chi connectivity index (χ1n) is 14.3. The van der Waals surface area contributed by atoms with Gasteiger partial charge in [-0.1, -0.05) is 38.3 Å². The fourth-order valence-electron chi connectivity index (χ4n) is 6.59. The van der Waals surface area contributed by atoms with Crippen LogP contribution in [0.1, 0.15) is 123 Å². The third-order valence-corrected chi connectivity index (χ3v) is 8.97. The van der Waals surface area contributed by atoms with Gasteiger partial charge >= 0.3 is 0 Å². The van der Waals surface area contributed by atoms with E-state index >= 15 is 0 Å². The Hall–Kier alpha value is -2.36. The molecule has 1 heterocycles. The summed E-state index contributed by atoms with van der Waals surface area (Å²) in [5.41, 5.74) is 4.04. The summed E-state index contributed by atoms with van der Waals surface area (Å²) in [5.74, 6) is 1.81. The molecule has 3 saturated carbocycles. The van der Waals surface area contributed by atoms with E-state index in [2.05, 4.69) is 12.1 Å². The van der Waals surface area contributed by atoms with Crippen molar-refractivity contribution in [1.29, 1.82) is 0 Å². The van der Waals surface area contributed by atoms with Crippen molar-refractivity contribution in [3.05, 3.63) is 64.7 Å². The van der Waals surface area contributed by atoms with Gasteiger partial charge in [0.2, 0.25) is 0 Å². The molecule has 192 valence electrons. The van der Waals surface area contributed by atoms with Crippen LogP contribution in [-0.4, -0.2) is 16.6 Å². The van der Waals surface area contributed by atoms with E-state index in [9.17, 15) is 14.0 Å². The lowest BCUT2D eigenvalue weighted by Crippen LogP contribution is -2.28. The number of hydrogen-bond donors (Lipinski definition) is 0. The molecule has 0 saturated heterocycles. The Morgan fingerprint density at radius 2 is 1.83 bits per heavy atom. The molecule has 3 fully saturated rings. The van der Waals surface area contributed by atoms with Crippen molar-refractivity contribution in [3.8, 4) is 0 Å². The van der Waals surface area contributed by atoms with Gasteiger partial charge in [0.15, 0.2) is 5.78 Å². The Morgan fingerprint density at radius 1 is 1.00 bits per heavy atom. The number of ketones is 2. The molecule has 0 radical (unpaired) electrons. The number of Topliss-reactive ketones (excluding diaryl/α,β-unsaturated/α-hetero) is 2. The standard InChI is InChI=1S/C32H40FNO2/c1-2-7-26(35)19-24-20-29(24)32(36)28-16-17-30(23-9-4-3-5-10-23)34-31(28)27-15-14-22(27)13-12-21-8-6-11-25(33)18-21/h6,8,11,16-18,22-24,27,29H,2-5,7,9-10,12-15,19-20H2,1H3/t22?,24-,27-,29?/m0/s1. The number of benzene rings is 1. The molecular formula is C32H40FNO2. The summed E-state index contributed by atoms with van der Waals surface area (Å²) < 4.78 is 13.7. The molecule has 0 bridgehead atoms. The quantitative estimate of drug-likeness (QED) is 0.301. The maximum Gasteiger partial charge on any atom is 0.168 e. The molecule has 3 nitrogen and oxygen atoms in total. The van der Waals surface area contributed by atoms with Gasteiger partial charge in [-0.05, 0) is 93.0 Å². The first-order valence-corrected chi connectivity index (χ1v) is 14.3. The van der Waals surface area contributed by atoms with Crippen LogP contribution >= 0.6 is 0 Å². The van der Waals surface area contributed by atoms with Gasteiger partial charge in [-0.25, -0.2) is 4.39 Å². The smallest absolute Gasteiger partial charge is 0.168 e. The third kappa shape index (κ3) is 5.79. The molecule has 2 unspecified atom stereocenters. The first-order chi connectivity index (χ1) is 17.5. The summed E-state index contributed by atoms with van der Waals surface area (Å²) in [6, 6.07) is 11.1. The second-order valence-electron chi connectivity index (χ2n) is 11.6. The highest BCUT2D eigenvalue weighted by atomic mass is 19.1. The number of halogens is 1. The Labute approximate surface area is 215 Å². The van der Waals surface area contributed by atoms with Gasteiger partial charge in [-0.2, -0.15) is 0 Å². The van der Waals surface area contributed by atoms with Gasteiger partial charge < -0.3 is 0 Å². The molecule has 0 N–H and O–H groups in total. The highest BCUT2D eigenvalue weighted by molar-refractivity contribution is 6.01. The van der Waals surface area contributed by atoms with Gasteiger partial charge in [0.05, 0.1) is 5.69 Å². The SMILES string of the molecule is CCCC(=O)C[C@H]1CC1C(=O)c1ccc(C2CCCCC2)nc1[C@H]1CCC1CCc1cccc(F)c1. The third-order valence-electron chi connectivity index (χ3n) is 8.97. The van der Waals surface area contributed by atoms with E-state index in [4.69, 9.17) is 4.98 Å². The average Bonchev–Trinajstić information content (AvgIpc) is 3.62. The highest BCUT2D eigenvalue weighted by Crippen LogP contribution is 2.49. The minimum atomic E-state index is -0.177. The number of pyridine rings is 1. The number of carbonyl (C=O) groups excluding carboxylic acids is 2. The van der Waals surface area contributed by atoms with Crippen molar-refractivity contribution in [2.45, 2.75) is 102 Å². The molecule has 0 spiro atoms. The van der Waals surface area contributed by atoms with Crippen molar-refractivity contribution >= 4 is 11.6 Å². The number of hydrogen-bond acceptors (Lipinski definition) is 3. The lowest BCUT2D eigenvalue weighted by Gasteiger charge is -2.38. The molecule has 3 aliphatic carbocycles. The molecule has 1 aromatic heterocycles. The molecular weight excluding hydrogens is 449 g/mol. The van der Waals surface area contributed by atoms with Crippen LogP contribution in [-0.2, 0) is 11.2 Å². The minimum Gasteiger partial charge on any atom is -0.300 e. The lowest BCUT2D eigenvalue weighted by molar-refractivity contribution is -0.119. The zero-order valence-corrected chi connectivity index (χ0v) is 21.7. The maximum atomic E-state index is 13.7. The average molecular weight is 490 g/mol. The van der Waals surface area contributed by atoms with Crippen molar-refractivity contribution < 1.29 is 14.0 Å². The van der Waals surface area contributed by atoms with E-state index in [0.29, 0.717) is 36.4 Å². The van der Waals surface area contributed by atoms with E-state index < -0.39 is 0 Å². The number of rotatable bonds is 11. The molecule has 5 rings (SSSR count). The van der Waals surface area contributed by atoms with Gasteiger partial charge in [-0.3, -0.25) is 14.6 Å². The Kier molecular flexibility index (Phi) is 7.98. The van der Waals surface area contributed by atoms with Crippen LogP contribution in [0.2, 0.25) is 0 Å². The zero-order chi connectivity index (χ0) is 25.1. The van der Waals surface area contributed by atoms with Crippen LogP contribution in [0.3, 0.4) is 0 Å². The Bertz CT molecular complexity index is 1090. The van der Waals surface area contributed by atoms with Crippen molar-refractivity contribution in [1.82, 2.24) is 4.98 Å². The van der Waals surface area contributed by atoms with Crippen molar-refractivity contribution in [3.63, 3.8) is 0 Å². The molecule has 3 aliphatic rings. The molecule has 1 aromatic carbocycles. The highest BCUT2D eigenvalue weighted by Gasteiger charge is 2.46. The van der Waals surface area contributed by atoms with Crippen LogP contribution < -0.4 is 0 Å². The largest absolute Gasteiger partial charge is 0.300 e. The Balaban J connectivity index is 1.34. The summed E-state index contributed by atoms with van der Waals surface area (Å²) >= 11 is 0. The molecule has 0 aliphatic heterocycles. The minimum absolute atomic E-state index is 0.0160.